The molecule has 0 aliphatic carbocycles. The monoisotopic (exact) mass is 523 g/mol. The van der Waals surface area contributed by atoms with E-state index in [1.807, 2.05) is 6.07 Å². The van der Waals surface area contributed by atoms with E-state index < -0.39 is 35.1 Å². The highest BCUT2D eigenvalue weighted by Crippen LogP contribution is 2.37. The van der Waals surface area contributed by atoms with Crippen LogP contribution in [0.25, 0.3) is 10.9 Å². The molecule has 0 aliphatic heterocycles. The quantitative estimate of drug-likeness (QED) is 0.318. The zero-order valence-electron chi connectivity index (χ0n) is 17.7. The number of anilines is 1. The minimum absolute atomic E-state index is 0.0367. The number of alkyl halides is 6. The van der Waals surface area contributed by atoms with Crippen LogP contribution in [-0.2, 0) is 18.9 Å². The van der Waals surface area contributed by atoms with Gasteiger partial charge >= 0.3 is 12.4 Å². The van der Waals surface area contributed by atoms with Gasteiger partial charge in [0.05, 0.1) is 40.2 Å². The van der Waals surface area contributed by atoms with Crippen molar-refractivity contribution >= 4 is 34.1 Å². The summed E-state index contributed by atoms with van der Waals surface area (Å²) in [5, 5.41) is 15.7. The fourth-order valence-electron chi connectivity index (χ4n) is 3.44. The zero-order chi connectivity index (χ0) is 26.3. The highest BCUT2D eigenvalue weighted by Gasteiger charge is 2.37. The lowest BCUT2D eigenvalue weighted by molar-refractivity contribution is -0.143. The fourth-order valence-corrected chi connectivity index (χ4v) is 3.68. The fraction of sp³-hybridized carbons (Fsp3) is 0.130. The lowest BCUT2D eigenvalue weighted by atomic mass is 10.1. The maximum atomic E-state index is 13.2. The molecule has 0 radical (unpaired) electrons. The number of halogens is 7. The van der Waals surface area contributed by atoms with Crippen molar-refractivity contribution in [3.05, 3.63) is 87.8 Å². The van der Waals surface area contributed by atoms with Crippen LogP contribution in [0.3, 0.4) is 0 Å². The Morgan fingerprint density at radius 3 is 2.28 bits per heavy atom. The molecule has 4 rings (SSSR count). The van der Waals surface area contributed by atoms with Crippen LogP contribution >= 0.6 is 11.6 Å². The third-order valence-corrected chi connectivity index (χ3v) is 5.47. The first-order valence-electron chi connectivity index (χ1n) is 9.96. The molecule has 184 valence electrons. The standard InChI is InChI=1S/C23H12ClF6N5O/c24-18-5-12(9-31)1-2-13(18)11-35-19-3-4-32-10-17(19)20(34-35)21(36)33-16-7-14(22(25,26)27)6-15(8-16)23(28,29)30/h1-8,10H,11H2,(H,33,36). The Labute approximate surface area is 203 Å². The summed E-state index contributed by atoms with van der Waals surface area (Å²) < 4.78 is 80.4. The molecule has 2 aromatic carbocycles. The molecule has 0 fully saturated rings. The van der Waals surface area contributed by atoms with E-state index in [4.69, 9.17) is 16.9 Å². The molecule has 0 unspecified atom stereocenters. The van der Waals surface area contributed by atoms with Gasteiger partial charge < -0.3 is 5.32 Å². The van der Waals surface area contributed by atoms with Gasteiger partial charge in [0.2, 0.25) is 0 Å². The summed E-state index contributed by atoms with van der Waals surface area (Å²) in [5.41, 5.74) is -2.82. The number of carbonyl (C=O) groups is 1. The maximum Gasteiger partial charge on any atom is 0.416 e. The van der Waals surface area contributed by atoms with Crippen LogP contribution in [0.2, 0.25) is 5.02 Å². The van der Waals surface area contributed by atoms with Crippen LogP contribution in [-0.4, -0.2) is 20.7 Å². The average Bonchev–Trinajstić information content (AvgIpc) is 3.17. The number of rotatable bonds is 4. The molecule has 36 heavy (non-hydrogen) atoms. The number of nitriles is 1. The predicted molar refractivity (Wildman–Crippen MR) is 117 cm³/mol. The predicted octanol–water partition coefficient (Wildman–Crippen LogP) is 6.29. The van der Waals surface area contributed by atoms with Gasteiger partial charge in [-0.15, -0.1) is 0 Å². The summed E-state index contributed by atoms with van der Waals surface area (Å²) in [6.45, 7) is 0.0557. The van der Waals surface area contributed by atoms with Gasteiger partial charge in [0.1, 0.15) is 0 Å². The van der Waals surface area contributed by atoms with Gasteiger partial charge in [0.25, 0.3) is 5.91 Å². The third-order valence-electron chi connectivity index (χ3n) is 5.11. The molecule has 4 aromatic rings. The Bertz CT molecular complexity index is 1490. The normalized spacial score (nSPS) is 11.9. The molecule has 1 amide bonds. The first kappa shape index (κ1) is 25.0. The van der Waals surface area contributed by atoms with E-state index in [-0.39, 0.29) is 28.7 Å². The Kier molecular flexibility index (Phi) is 6.36. The van der Waals surface area contributed by atoms with Gasteiger partial charge in [-0.2, -0.15) is 36.7 Å². The number of carbonyl (C=O) groups excluding carboxylic acids is 1. The van der Waals surface area contributed by atoms with Crippen molar-refractivity contribution in [1.29, 1.82) is 5.26 Å². The Morgan fingerprint density at radius 2 is 1.69 bits per heavy atom. The van der Waals surface area contributed by atoms with Crippen molar-refractivity contribution in [3.63, 3.8) is 0 Å². The van der Waals surface area contributed by atoms with Crippen molar-refractivity contribution in [2.24, 2.45) is 0 Å². The molecular formula is C23H12ClF6N5O. The summed E-state index contributed by atoms with van der Waals surface area (Å²) in [5.74, 6) is -1.04. The number of aromatic nitrogens is 3. The number of fused-ring (bicyclic) bond motifs is 1. The Balaban J connectivity index is 1.72. The highest BCUT2D eigenvalue weighted by molar-refractivity contribution is 6.31. The molecule has 0 saturated carbocycles. The first-order chi connectivity index (χ1) is 16.9. The minimum Gasteiger partial charge on any atom is -0.321 e. The van der Waals surface area contributed by atoms with Gasteiger partial charge in [0, 0.05) is 23.1 Å². The van der Waals surface area contributed by atoms with E-state index >= 15 is 0 Å². The molecule has 6 nitrogen and oxygen atoms in total. The van der Waals surface area contributed by atoms with Crippen molar-refractivity contribution in [3.8, 4) is 6.07 Å². The molecule has 13 heteroatoms. The van der Waals surface area contributed by atoms with E-state index in [1.54, 1.807) is 6.07 Å². The van der Waals surface area contributed by atoms with Crippen molar-refractivity contribution in [1.82, 2.24) is 14.8 Å². The number of pyridine rings is 1. The number of nitrogens with zero attached hydrogens (tertiary/aromatic N) is 4. The van der Waals surface area contributed by atoms with Crippen LogP contribution in [0.4, 0.5) is 32.0 Å². The first-order valence-corrected chi connectivity index (χ1v) is 10.3. The Morgan fingerprint density at radius 1 is 1.03 bits per heavy atom. The van der Waals surface area contributed by atoms with Crippen molar-refractivity contribution in [2.75, 3.05) is 5.32 Å². The van der Waals surface area contributed by atoms with Gasteiger partial charge in [-0.1, -0.05) is 17.7 Å². The summed E-state index contributed by atoms with van der Waals surface area (Å²) in [6.07, 6.45) is -7.43. The molecule has 0 aliphatic rings. The van der Waals surface area contributed by atoms with E-state index in [1.165, 1.54) is 35.3 Å². The van der Waals surface area contributed by atoms with Gasteiger partial charge in [-0.3, -0.25) is 14.5 Å². The van der Waals surface area contributed by atoms with Crippen LogP contribution < -0.4 is 5.32 Å². The second kappa shape index (κ2) is 9.16. The summed E-state index contributed by atoms with van der Waals surface area (Å²) >= 11 is 6.22. The van der Waals surface area contributed by atoms with Crippen LogP contribution in [0.5, 0.6) is 0 Å². The van der Waals surface area contributed by atoms with Crippen LogP contribution in [0.1, 0.15) is 32.7 Å². The maximum absolute atomic E-state index is 13.2. The van der Waals surface area contributed by atoms with E-state index in [0.717, 1.165) is 0 Å². The van der Waals surface area contributed by atoms with Crippen molar-refractivity contribution in [2.45, 2.75) is 18.9 Å². The molecule has 0 spiro atoms. The van der Waals surface area contributed by atoms with E-state index in [9.17, 15) is 31.1 Å². The minimum atomic E-state index is -5.07. The number of benzene rings is 2. The Hall–Kier alpha value is -4.11. The van der Waals surface area contributed by atoms with Gasteiger partial charge in [-0.25, -0.2) is 0 Å². The van der Waals surface area contributed by atoms with Crippen LogP contribution in [0.15, 0.2) is 54.9 Å². The van der Waals surface area contributed by atoms with E-state index in [2.05, 4.69) is 15.4 Å². The topological polar surface area (TPSA) is 83.6 Å². The lowest BCUT2D eigenvalue weighted by Crippen LogP contribution is -2.17. The number of hydrogen-bond donors (Lipinski definition) is 1. The van der Waals surface area contributed by atoms with Gasteiger partial charge in [0.15, 0.2) is 5.69 Å². The molecule has 0 bridgehead atoms. The summed E-state index contributed by atoms with van der Waals surface area (Å²) in [7, 11) is 0. The molecule has 1 N–H and O–H groups in total. The molecule has 2 heterocycles. The molecular weight excluding hydrogens is 512 g/mol. The number of nitrogens with one attached hydrogen (secondary N) is 1. The largest absolute Gasteiger partial charge is 0.416 e. The van der Waals surface area contributed by atoms with Crippen molar-refractivity contribution < 1.29 is 31.1 Å². The van der Waals surface area contributed by atoms with E-state index in [0.29, 0.717) is 28.8 Å². The second-order valence-electron chi connectivity index (χ2n) is 7.57. The highest BCUT2D eigenvalue weighted by atomic mass is 35.5. The second-order valence-corrected chi connectivity index (χ2v) is 7.97. The number of amides is 1. The summed E-state index contributed by atoms with van der Waals surface area (Å²) in [4.78, 5) is 16.9. The number of hydrogen-bond acceptors (Lipinski definition) is 4. The average molecular weight is 524 g/mol. The van der Waals surface area contributed by atoms with Gasteiger partial charge in [-0.05, 0) is 42.0 Å². The third kappa shape index (κ3) is 5.11. The van der Waals surface area contributed by atoms with Crippen LogP contribution in [0, 0.1) is 11.3 Å². The SMILES string of the molecule is N#Cc1ccc(Cn2nc(C(=O)Nc3cc(C(F)(F)F)cc(C(F)(F)F)c3)c3cnccc32)c(Cl)c1. The molecule has 0 saturated heterocycles. The summed E-state index contributed by atoms with van der Waals surface area (Å²) in [6, 6.07) is 8.83. The molecule has 2 aromatic heterocycles. The smallest absolute Gasteiger partial charge is 0.321 e. The lowest BCUT2D eigenvalue weighted by Gasteiger charge is -2.14. The zero-order valence-corrected chi connectivity index (χ0v) is 18.5. The molecule has 0 atom stereocenters.